The van der Waals surface area contributed by atoms with Crippen LogP contribution in [0.2, 0.25) is 0 Å². The van der Waals surface area contributed by atoms with Gasteiger partial charge in [-0.1, -0.05) is 27.7 Å². The first kappa shape index (κ1) is 13.8. The van der Waals surface area contributed by atoms with Gasteiger partial charge in [0, 0.05) is 6.54 Å². The van der Waals surface area contributed by atoms with Crippen LogP contribution in [0, 0.1) is 34.1 Å². The molecule has 0 N–H and O–H groups in total. The van der Waals surface area contributed by atoms with Gasteiger partial charge < -0.3 is 0 Å². The smallest absolute Gasteiger partial charge is 0.180 e. The predicted molar refractivity (Wildman–Crippen MR) is 60.7 cm³/mol. The van der Waals surface area contributed by atoms with Gasteiger partial charge in [-0.3, -0.25) is 4.90 Å². The van der Waals surface area contributed by atoms with Crippen molar-refractivity contribution in [2.75, 3.05) is 13.1 Å². The summed E-state index contributed by atoms with van der Waals surface area (Å²) in [7, 11) is 0. The summed E-state index contributed by atoms with van der Waals surface area (Å²) in [4.78, 5) is 1.51. The van der Waals surface area contributed by atoms with E-state index in [2.05, 4.69) is 27.7 Å². The zero-order valence-electron chi connectivity index (χ0n) is 10.2. The summed E-state index contributed by atoms with van der Waals surface area (Å²) in [6, 6.07) is 1.99. The van der Waals surface area contributed by atoms with Crippen LogP contribution in [0.4, 0.5) is 0 Å². The molecule has 0 saturated heterocycles. The zero-order chi connectivity index (χ0) is 11.9. The standard InChI is InChI=1S/C12H21N3/c1-11(9-12(2,3)4)5-7-15(10-14)8-6-13/h11H,5,7-9H2,1-4H3. The number of hydrogen-bond donors (Lipinski definition) is 0. The topological polar surface area (TPSA) is 50.8 Å². The van der Waals surface area contributed by atoms with Gasteiger partial charge in [0.05, 0.1) is 6.07 Å². The Morgan fingerprint density at radius 1 is 1.27 bits per heavy atom. The Hall–Kier alpha value is -1.22. The minimum Gasteiger partial charge on any atom is -0.296 e. The summed E-state index contributed by atoms with van der Waals surface area (Å²) < 4.78 is 0. The Morgan fingerprint density at radius 2 is 1.87 bits per heavy atom. The molecule has 0 aliphatic heterocycles. The molecular weight excluding hydrogens is 186 g/mol. The molecule has 0 aromatic carbocycles. The highest BCUT2D eigenvalue weighted by atomic mass is 15.1. The Bertz CT molecular complexity index is 252. The molecule has 0 rings (SSSR count). The lowest BCUT2D eigenvalue weighted by molar-refractivity contribution is 0.277. The van der Waals surface area contributed by atoms with E-state index < -0.39 is 0 Å². The van der Waals surface area contributed by atoms with Crippen molar-refractivity contribution >= 4 is 0 Å². The second-order valence-corrected chi connectivity index (χ2v) is 5.34. The first-order valence-corrected chi connectivity index (χ1v) is 5.40. The number of nitriles is 2. The van der Waals surface area contributed by atoms with Gasteiger partial charge in [-0.15, -0.1) is 0 Å². The average Bonchev–Trinajstić information content (AvgIpc) is 2.09. The molecule has 0 aliphatic rings. The third-order valence-electron chi connectivity index (χ3n) is 2.26. The molecular formula is C12H21N3. The maximum Gasteiger partial charge on any atom is 0.180 e. The van der Waals surface area contributed by atoms with Gasteiger partial charge in [0.25, 0.3) is 0 Å². The molecule has 0 aromatic heterocycles. The molecule has 0 fully saturated rings. The van der Waals surface area contributed by atoms with E-state index in [1.807, 2.05) is 12.3 Å². The fourth-order valence-corrected chi connectivity index (χ4v) is 1.77. The van der Waals surface area contributed by atoms with Gasteiger partial charge >= 0.3 is 0 Å². The van der Waals surface area contributed by atoms with Crippen LogP contribution in [-0.2, 0) is 0 Å². The summed E-state index contributed by atoms with van der Waals surface area (Å²) in [6.07, 6.45) is 4.16. The number of hydrogen-bond acceptors (Lipinski definition) is 3. The molecule has 3 heteroatoms. The van der Waals surface area contributed by atoms with E-state index in [4.69, 9.17) is 10.5 Å². The Balaban J connectivity index is 3.85. The largest absolute Gasteiger partial charge is 0.296 e. The van der Waals surface area contributed by atoms with Crippen molar-refractivity contribution in [2.45, 2.75) is 40.5 Å². The van der Waals surface area contributed by atoms with Crippen LogP contribution in [0.3, 0.4) is 0 Å². The molecule has 84 valence electrons. The summed E-state index contributed by atoms with van der Waals surface area (Å²) in [5.74, 6) is 0.597. The molecule has 1 atom stereocenters. The van der Waals surface area contributed by atoms with Crippen LogP contribution in [0.5, 0.6) is 0 Å². The van der Waals surface area contributed by atoms with Crippen LogP contribution in [-0.4, -0.2) is 18.0 Å². The van der Waals surface area contributed by atoms with Crippen LogP contribution in [0.25, 0.3) is 0 Å². The number of rotatable bonds is 5. The summed E-state index contributed by atoms with van der Waals surface area (Å²) in [5.41, 5.74) is 0.339. The monoisotopic (exact) mass is 207 g/mol. The van der Waals surface area contributed by atoms with E-state index in [9.17, 15) is 0 Å². The SMILES string of the molecule is CC(CCN(C#N)CC#N)CC(C)(C)C. The van der Waals surface area contributed by atoms with Gasteiger partial charge in [-0.05, 0) is 24.2 Å². The molecule has 0 amide bonds. The van der Waals surface area contributed by atoms with Crippen molar-refractivity contribution in [3.05, 3.63) is 0 Å². The highest BCUT2D eigenvalue weighted by Gasteiger charge is 2.15. The molecule has 0 spiro atoms. The minimum absolute atomic E-state index is 0.207. The molecule has 0 aliphatic carbocycles. The van der Waals surface area contributed by atoms with Gasteiger partial charge in [-0.25, -0.2) is 0 Å². The second-order valence-electron chi connectivity index (χ2n) is 5.34. The van der Waals surface area contributed by atoms with Crippen molar-refractivity contribution < 1.29 is 0 Å². The van der Waals surface area contributed by atoms with Crippen molar-refractivity contribution in [1.29, 1.82) is 10.5 Å². The van der Waals surface area contributed by atoms with Crippen LogP contribution in [0.15, 0.2) is 0 Å². The van der Waals surface area contributed by atoms with Gasteiger partial charge in [0.2, 0.25) is 0 Å². The van der Waals surface area contributed by atoms with Gasteiger partial charge in [0.15, 0.2) is 6.19 Å². The lowest BCUT2D eigenvalue weighted by Gasteiger charge is -2.24. The fourth-order valence-electron chi connectivity index (χ4n) is 1.77. The fraction of sp³-hybridized carbons (Fsp3) is 0.833. The first-order valence-electron chi connectivity index (χ1n) is 5.40. The van der Waals surface area contributed by atoms with Crippen LogP contribution >= 0.6 is 0 Å². The summed E-state index contributed by atoms with van der Waals surface area (Å²) in [5, 5.41) is 17.2. The summed E-state index contributed by atoms with van der Waals surface area (Å²) in [6.45, 7) is 9.77. The van der Waals surface area contributed by atoms with Crippen molar-refractivity contribution in [2.24, 2.45) is 11.3 Å². The molecule has 1 unspecified atom stereocenters. The van der Waals surface area contributed by atoms with E-state index in [-0.39, 0.29) is 6.54 Å². The molecule has 0 heterocycles. The lowest BCUT2D eigenvalue weighted by atomic mass is 9.84. The quantitative estimate of drug-likeness (QED) is 0.395. The lowest BCUT2D eigenvalue weighted by Crippen LogP contribution is -2.22. The van der Waals surface area contributed by atoms with E-state index in [0.717, 1.165) is 12.8 Å². The molecule has 15 heavy (non-hydrogen) atoms. The number of nitrogens with zero attached hydrogens (tertiary/aromatic N) is 3. The normalized spacial score (nSPS) is 12.7. The average molecular weight is 207 g/mol. The van der Waals surface area contributed by atoms with E-state index >= 15 is 0 Å². The van der Waals surface area contributed by atoms with E-state index in [1.165, 1.54) is 4.90 Å². The first-order chi connectivity index (χ1) is 6.89. The van der Waals surface area contributed by atoms with Crippen LogP contribution < -0.4 is 0 Å². The van der Waals surface area contributed by atoms with Gasteiger partial charge in [-0.2, -0.15) is 10.5 Å². The molecule has 0 radical (unpaired) electrons. The highest BCUT2D eigenvalue weighted by molar-refractivity contribution is 4.84. The highest BCUT2D eigenvalue weighted by Crippen LogP contribution is 2.25. The minimum atomic E-state index is 0.207. The van der Waals surface area contributed by atoms with Gasteiger partial charge in [0.1, 0.15) is 6.54 Å². The van der Waals surface area contributed by atoms with Crippen molar-refractivity contribution in [3.8, 4) is 12.3 Å². The second kappa shape index (κ2) is 6.30. The van der Waals surface area contributed by atoms with Crippen LogP contribution in [0.1, 0.15) is 40.5 Å². The zero-order valence-corrected chi connectivity index (χ0v) is 10.2. The molecule has 0 saturated carbocycles. The third kappa shape index (κ3) is 7.82. The van der Waals surface area contributed by atoms with Crippen molar-refractivity contribution in [3.63, 3.8) is 0 Å². The Kier molecular flexibility index (Phi) is 5.79. The molecule has 3 nitrogen and oxygen atoms in total. The summed E-state index contributed by atoms with van der Waals surface area (Å²) >= 11 is 0. The van der Waals surface area contributed by atoms with E-state index in [0.29, 0.717) is 17.9 Å². The van der Waals surface area contributed by atoms with E-state index in [1.54, 1.807) is 0 Å². The molecule has 0 bridgehead atoms. The van der Waals surface area contributed by atoms with Crippen molar-refractivity contribution in [1.82, 2.24) is 4.90 Å². The Morgan fingerprint density at radius 3 is 2.27 bits per heavy atom. The Labute approximate surface area is 93.3 Å². The maximum atomic E-state index is 8.73. The third-order valence-corrected chi connectivity index (χ3v) is 2.26. The predicted octanol–water partition coefficient (Wildman–Crippen LogP) is 2.76. The molecule has 0 aromatic rings. The maximum absolute atomic E-state index is 8.73.